The quantitative estimate of drug-likeness (QED) is 0.567. The first kappa shape index (κ1) is 20.9. The molecule has 0 spiro atoms. The number of phenols is 1. The van der Waals surface area contributed by atoms with Gasteiger partial charge in [-0.15, -0.1) is 16.5 Å². The molecule has 0 saturated carbocycles. The summed E-state index contributed by atoms with van der Waals surface area (Å²) >= 11 is 1.34. The molecule has 0 amide bonds. The number of aromatic nitrogens is 1. The van der Waals surface area contributed by atoms with Crippen molar-refractivity contribution in [3.8, 4) is 22.8 Å². The average Bonchev–Trinajstić information content (AvgIpc) is 3.18. The van der Waals surface area contributed by atoms with Crippen LogP contribution >= 0.6 is 11.3 Å². The van der Waals surface area contributed by atoms with Gasteiger partial charge in [-0.05, 0) is 29.8 Å². The molecule has 0 aliphatic rings. The molecule has 0 unspecified atom stereocenters. The Labute approximate surface area is 173 Å². The predicted molar refractivity (Wildman–Crippen MR) is 111 cm³/mol. The van der Waals surface area contributed by atoms with Gasteiger partial charge in [0.1, 0.15) is 0 Å². The van der Waals surface area contributed by atoms with Gasteiger partial charge < -0.3 is 9.84 Å². The molecule has 0 aliphatic heterocycles. The Bertz CT molecular complexity index is 1120. The van der Waals surface area contributed by atoms with Crippen molar-refractivity contribution in [2.45, 2.75) is 11.4 Å². The number of benzene rings is 2. The molecular formula is C19H20N4O4S2. The summed E-state index contributed by atoms with van der Waals surface area (Å²) in [5.74, 6) is 0.455. The minimum atomic E-state index is -3.46. The number of nitrogens with zero attached hydrogens (tertiary/aromatic N) is 4. The summed E-state index contributed by atoms with van der Waals surface area (Å²) in [5.41, 5.74) is 2.34. The summed E-state index contributed by atoms with van der Waals surface area (Å²) in [5, 5.41) is 20.2. The van der Waals surface area contributed by atoms with E-state index in [-0.39, 0.29) is 10.6 Å². The fourth-order valence-corrected chi connectivity index (χ4v) is 4.01. The predicted octanol–water partition coefficient (Wildman–Crippen LogP) is 4.06. The van der Waals surface area contributed by atoms with E-state index < -0.39 is 10.0 Å². The molecule has 0 atom stereocenters. The highest BCUT2D eigenvalue weighted by molar-refractivity contribution is 7.89. The van der Waals surface area contributed by atoms with Crippen molar-refractivity contribution in [3.05, 3.63) is 53.4 Å². The Morgan fingerprint density at radius 1 is 1.17 bits per heavy atom. The van der Waals surface area contributed by atoms with Crippen LogP contribution < -0.4 is 4.74 Å². The lowest BCUT2D eigenvalue weighted by Gasteiger charge is -2.11. The van der Waals surface area contributed by atoms with Crippen molar-refractivity contribution in [3.63, 3.8) is 0 Å². The third kappa shape index (κ3) is 4.78. The van der Waals surface area contributed by atoms with Crippen molar-refractivity contribution < 1.29 is 18.3 Å². The first-order chi connectivity index (χ1) is 13.8. The van der Waals surface area contributed by atoms with Crippen molar-refractivity contribution in [1.82, 2.24) is 9.29 Å². The lowest BCUT2D eigenvalue weighted by atomic mass is 10.2. The van der Waals surface area contributed by atoms with Crippen LogP contribution in [0, 0.1) is 0 Å². The molecule has 0 aliphatic carbocycles. The van der Waals surface area contributed by atoms with Gasteiger partial charge in [-0.2, -0.15) is 5.11 Å². The fourth-order valence-electron chi connectivity index (χ4n) is 2.45. The average molecular weight is 433 g/mol. The highest BCUT2D eigenvalue weighted by Crippen LogP contribution is 2.29. The summed E-state index contributed by atoms with van der Waals surface area (Å²) < 4.78 is 30.5. The van der Waals surface area contributed by atoms with Gasteiger partial charge in [0.15, 0.2) is 11.5 Å². The van der Waals surface area contributed by atoms with E-state index in [4.69, 9.17) is 4.74 Å². The fraction of sp³-hybridized carbons (Fsp3) is 0.211. The minimum Gasteiger partial charge on any atom is -0.504 e. The molecule has 152 valence electrons. The van der Waals surface area contributed by atoms with Gasteiger partial charge >= 0.3 is 0 Å². The highest BCUT2D eigenvalue weighted by atomic mass is 32.2. The summed E-state index contributed by atoms with van der Waals surface area (Å²) in [6.45, 7) is 0.322. The van der Waals surface area contributed by atoms with E-state index in [1.807, 2.05) is 5.38 Å². The monoisotopic (exact) mass is 432 g/mol. The van der Waals surface area contributed by atoms with Crippen molar-refractivity contribution >= 4 is 26.5 Å². The largest absolute Gasteiger partial charge is 0.504 e. The molecule has 3 aromatic rings. The van der Waals surface area contributed by atoms with Crippen LogP contribution in [0.2, 0.25) is 0 Å². The SMILES string of the molecule is COc1cc(CN=Nc2nc(-c3ccc(S(=O)(=O)N(C)C)cc3)cs2)ccc1O. The van der Waals surface area contributed by atoms with Gasteiger partial charge in [-0.3, -0.25) is 0 Å². The molecule has 0 fully saturated rings. The molecule has 1 aromatic heterocycles. The van der Waals surface area contributed by atoms with Crippen LogP contribution in [0.25, 0.3) is 11.3 Å². The molecule has 29 heavy (non-hydrogen) atoms. The van der Waals surface area contributed by atoms with E-state index >= 15 is 0 Å². The van der Waals surface area contributed by atoms with Crippen molar-refractivity contribution in [2.24, 2.45) is 10.2 Å². The van der Waals surface area contributed by atoms with Gasteiger partial charge in [-0.25, -0.2) is 17.7 Å². The first-order valence-corrected chi connectivity index (χ1v) is 10.8. The minimum absolute atomic E-state index is 0.0714. The number of phenolic OH excluding ortho intramolecular Hbond substituents is 1. The molecule has 2 aromatic carbocycles. The van der Waals surface area contributed by atoms with Crippen LogP contribution in [0.1, 0.15) is 5.56 Å². The second kappa shape index (κ2) is 8.68. The first-order valence-electron chi connectivity index (χ1n) is 8.53. The normalized spacial score (nSPS) is 12.0. The van der Waals surface area contributed by atoms with E-state index in [1.165, 1.54) is 36.8 Å². The summed E-state index contributed by atoms with van der Waals surface area (Å²) in [7, 11) is 1.02. The second-order valence-corrected chi connectivity index (χ2v) is 9.22. The van der Waals surface area contributed by atoms with Crippen LogP contribution in [-0.4, -0.2) is 44.0 Å². The standard InChI is InChI=1S/C19H20N4O4S2/c1-23(2)29(25,26)15-7-5-14(6-8-15)16-12-28-19(21-16)22-20-11-13-4-9-17(24)18(10-13)27-3/h4-10,12,24H,11H2,1-3H3. The van der Waals surface area contributed by atoms with Crippen LogP contribution in [0.3, 0.4) is 0 Å². The molecule has 10 heteroatoms. The van der Waals surface area contributed by atoms with E-state index in [0.29, 0.717) is 23.1 Å². The third-order valence-corrected chi connectivity index (χ3v) is 6.63. The number of aromatic hydroxyl groups is 1. The zero-order valence-electron chi connectivity index (χ0n) is 16.1. The molecule has 0 radical (unpaired) electrons. The number of rotatable bonds is 7. The number of thiazole rings is 1. The van der Waals surface area contributed by atoms with Gasteiger partial charge in [0.2, 0.25) is 15.2 Å². The van der Waals surface area contributed by atoms with E-state index in [0.717, 1.165) is 11.1 Å². The van der Waals surface area contributed by atoms with Crippen LogP contribution in [0.5, 0.6) is 11.5 Å². The van der Waals surface area contributed by atoms with Gasteiger partial charge in [-0.1, -0.05) is 18.2 Å². The van der Waals surface area contributed by atoms with Crippen LogP contribution in [0.15, 0.2) is 63.0 Å². The van der Waals surface area contributed by atoms with E-state index in [1.54, 1.807) is 42.5 Å². The summed E-state index contributed by atoms with van der Waals surface area (Å²) in [6, 6.07) is 11.5. The molecule has 0 bridgehead atoms. The zero-order valence-corrected chi connectivity index (χ0v) is 17.7. The van der Waals surface area contributed by atoms with Crippen LogP contribution in [0.4, 0.5) is 5.13 Å². The molecule has 1 heterocycles. The Morgan fingerprint density at radius 2 is 1.90 bits per heavy atom. The van der Waals surface area contributed by atoms with E-state index in [9.17, 15) is 13.5 Å². The maximum Gasteiger partial charge on any atom is 0.242 e. The van der Waals surface area contributed by atoms with Gasteiger partial charge in [0, 0.05) is 25.0 Å². The number of azo groups is 1. The maximum atomic E-state index is 12.1. The second-order valence-electron chi connectivity index (χ2n) is 6.23. The lowest BCUT2D eigenvalue weighted by Crippen LogP contribution is -2.22. The smallest absolute Gasteiger partial charge is 0.242 e. The van der Waals surface area contributed by atoms with Crippen molar-refractivity contribution in [1.29, 1.82) is 0 Å². The lowest BCUT2D eigenvalue weighted by molar-refractivity contribution is 0.373. The highest BCUT2D eigenvalue weighted by Gasteiger charge is 2.17. The number of methoxy groups -OCH3 is 1. The Kier molecular flexibility index (Phi) is 6.26. The van der Waals surface area contributed by atoms with E-state index in [2.05, 4.69) is 15.2 Å². The molecular weight excluding hydrogens is 412 g/mol. The maximum absolute atomic E-state index is 12.1. The zero-order chi connectivity index (χ0) is 21.0. The topological polar surface area (TPSA) is 104 Å². The Morgan fingerprint density at radius 3 is 2.55 bits per heavy atom. The number of hydrogen-bond donors (Lipinski definition) is 1. The number of sulfonamides is 1. The summed E-state index contributed by atoms with van der Waals surface area (Å²) in [4.78, 5) is 4.65. The molecule has 0 saturated heterocycles. The van der Waals surface area contributed by atoms with Crippen molar-refractivity contribution in [2.75, 3.05) is 21.2 Å². The Balaban J connectivity index is 1.70. The number of hydrogen-bond acceptors (Lipinski definition) is 8. The molecule has 3 rings (SSSR count). The summed E-state index contributed by atoms with van der Waals surface area (Å²) in [6.07, 6.45) is 0. The molecule has 1 N–H and O–H groups in total. The van der Waals surface area contributed by atoms with Crippen LogP contribution in [-0.2, 0) is 16.6 Å². The Hall–Kier alpha value is -2.82. The van der Waals surface area contributed by atoms with Gasteiger partial charge in [0.25, 0.3) is 0 Å². The number of ether oxygens (including phenoxy) is 1. The third-order valence-electron chi connectivity index (χ3n) is 4.07. The molecule has 8 nitrogen and oxygen atoms in total. The van der Waals surface area contributed by atoms with Gasteiger partial charge in [0.05, 0.1) is 24.2 Å².